The highest BCUT2D eigenvalue weighted by Gasteiger charge is 2.12. The summed E-state index contributed by atoms with van der Waals surface area (Å²) in [6.45, 7) is 6.49. The molecule has 3 nitrogen and oxygen atoms in total. The number of rotatable bonds is 3. The maximum atomic E-state index is 13.8. The predicted octanol–water partition coefficient (Wildman–Crippen LogP) is 4.07. The van der Waals surface area contributed by atoms with E-state index < -0.39 is 0 Å². The summed E-state index contributed by atoms with van der Waals surface area (Å²) < 4.78 is 16.0. The Hall–Kier alpha value is -1.88. The van der Waals surface area contributed by atoms with Gasteiger partial charge in [-0.1, -0.05) is 6.07 Å². The molecule has 0 unspecified atom stereocenters. The van der Waals surface area contributed by atoms with Crippen LogP contribution in [-0.2, 0) is 6.54 Å². The molecule has 1 N–H and O–H groups in total. The van der Waals surface area contributed by atoms with E-state index in [1.54, 1.807) is 17.4 Å². The molecule has 2 heterocycles. The summed E-state index contributed by atoms with van der Waals surface area (Å²) in [5.41, 5.74) is 4.67. The van der Waals surface area contributed by atoms with E-state index >= 15 is 0 Å². The fourth-order valence-corrected chi connectivity index (χ4v) is 3.25. The molecule has 0 saturated heterocycles. The van der Waals surface area contributed by atoms with Crippen LogP contribution in [0.1, 0.15) is 22.6 Å². The molecular weight excluding hydrogens is 273 g/mol. The second-order valence-corrected chi connectivity index (χ2v) is 5.81. The van der Waals surface area contributed by atoms with Gasteiger partial charge in [0, 0.05) is 11.1 Å². The number of anilines is 1. The van der Waals surface area contributed by atoms with Gasteiger partial charge in [0.15, 0.2) is 4.96 Å². The number of aromatic nitrogens is 2. The summed E-state index contributed by atoms with van der Waals surface area (Å²) in [6.07, 6.45) is 0. The zero-order valence-corrected chi connectivity index (χ0v) is 12.5. The molecule has 5 heteroatoms. The van der Waals surface area contributed by atoms with E-state index in [4.69, 9.17) is 0 Å². The lowest BCUT2D eigenvalue weighted by atomic mass is 10.2. The Labute approximate surface area is 121 Å². The van der Waals surface area contributed by atoms with Crippen LogP contribution in [0.15, 0.2) is 23.6 Å². The van der Waals surface area contributed by atoms with Gasteiger partial charge < -0.3 is 5.32 Å². The molecular formula is C15H16FN3S. The van der Waals surface area contributed by atoms with Gasteiger partial charge in [-0.15, -0.1) is 11.3 Å². The zero-order chi connectivity index (χ0) is 14.3. The molecule has 0 aliphatic rings. The molecule has 20 heavy (non-hydrogen) atoms. The van der Waals surface area contributed by atoms with E-state index in [0.717, 1.165) is 27.6 Å². The van der Waals surface area contributed by atoms with Crippen molar-refractivity contribution in [3.05, 3.63) is 52.0 Å². The number of hydrogen-bond donors (Lipinski definition) is 1. The van der Waals surface area contributed by atoms with Gasteiger partial charge in [0.05, 0.1) is 23.6 Å². The molecule has 0 spiro atoms. The number of thiazole rings is 1. The number of halogens is 1. The summed E-state index contributed by atoms with van der Waals surface area (Å²) in [4.78, 5) is 5.52. The van der Waals surface area contributed by atoms with Crippen molar-refractivity contribution < 1.29 is 4.39 Å². The Morgan fingerprint density at radius 2 is 2.10 bits per heavy atom. The third-order valence-corrected chi connectivity index (χ3v) is 4.34. The number of imidazole rings is 1. The minimum absolute atomic E-state index is 0.217. The minimum Gasteiger partial charge on any atom is -0.377 e. The maximum absolute atomic E-state index is 13.8. The molecule has 0 amide bonds. The lowest BCUT2D eigenvalue weighted by Gasteiger charge is -2.09. The fourth-order valence-electron chi connectivity index (χ4n) is 2.32. The van der Waals surface area contributed by atoms with Crippen LogP contribution in [0, 0.1) is 26.6 Å². The van der Waals surface area contributed by atoms with Crippen LogP contribution in [0.4, 0.5) is 10.1 Å². The Bertz CT molecular complexity index is 773. The van der Waals surface area contributed by atoms with Crippen molar-refractivity contribution >= 4 is 22.0 Å². The average Bonchev–Trinajstić information content (AvgIpc) is 2.89. The van der Waals surface area contributed by atoms with Crippen molar-refractivity contribution in [2.24, 2.45) is 0 Å². The Morgan fingerprint density at radius 1 is 1.30 bits per heavy atom. The highest BCUT2D eigenvalue weighted by molar-refractivity contribution is 7.15. The standard InChI is InChI=1S/C15H16FN3S/c1-9-4-5-13(12(16)6-9)17-7-14-11(3)18-15-19(14)10(2)8-20-15/h4-6,8,17H,7H2,1-3H3. The third kappa shape index (κ3) is 2.18. The summed E-state index contributed by atoms with van der Waals surface area (Å²) in [5.74, 6) is -0.217. The second-order valence-electron chi connectivity index (χ2n) is 4.98. The van der Waals surface area contributed by atoms with Crippen LogP contribution in [0.5, 0.6) is 0 Å². The van der Waals surface area contributed by atoms with Crippen molar-refractivity contribution in [1.82, 2.24) is 9.38 Å². The molecule has 2 aromatic heterocycles. The second kappa shape index (κ2) is 4.90. The van der Waals surface area contributed by atoms with E-state index in [1.807, 2.05) is 19.9 Å². The summed E-state index contributed by atoms with van der Waals surface area (Å²) >= 11 is 1.63. The van der Waals surface area contributed by atoms with Crippen LogP contribution >= 0.6 is 11.3 Å². The maximum Gasteiger partial charge on any atom is 0.194 e. The molecule has 104 valence electrons. The molecule has 0 atom stereocenters. The Morgan fingerprint density at radius 3 is 2.85 bits per heavy atom. The van der Waals surface area contributed by atoms with Crippen LogP contribution < -0.4 is 5.32 Å². The number of nitrogens with one attached hydrogen (secondary N) is 1. The quantitative estimate of drug-likeness (QED) is 0.787. The molecule has 0 saturated carbocycles. The summed E-state index contributed by atoms with van der Waals surface area (Å²) in [5, 5.41) is 5.24. The van der Waals surface area contributed by atoms with Gasteiger partial charge in [0.2, 0.25) is 0 Å². The van der Waals surface area contributed by atoms with E-state index in [0.29, 0.717) is 12.2 Å². The van der Waals surface area contributed by atoms with E-state index in [2.05, 4.69) is 27.0 Å². The molecule has 0 aliphatic heterocycles. The summed E-state index contributed by atoms with van der Waals surface area (Å²) in [6, 6.07) is 5.22. The summed E-state index contributed by atoms with van der Waals surface area (Å²) in [7, 11) is 0. The average molecular weight is 289 g/mol. The van der Waals surface area contributed by atoms with Crippen molar-refractivity contribution in [3.8, 4) is 0 Å². The van der Waals surface area contributed by atoms with Crippen molar-refractivity contribution in [2.75, 3.05) is 5.32 Å². The highest BCUT2D eigenvalue weighted by Crippen LogP contribution is 2.22. The lowest BCUT2D eigenvalue weighted by Crippen LogP contribution is -2.06. The monoisotopic (exact) mass is 289 g/mol. The van der Waals surface area contributed by atoms with Crippen LogP contribution in [-0.4, -0.2) is 9.38 Å². The topological polar surface area (TPSA) is 29.3 Å². The predicted molar refractivity (Wildman–Crippen MR) is 81.0 cm³/mol. The Kier molecular flexibility index (Phi) is 3.22. The van der Waals surface area contributed by atoms with Crippen molar-refractivity contribution in [2.45, 2.75) is 27.3 Å². The molecule has 0 radical (unpaired) electrons. The van der Waals surface area contributed by atoms with Gasteiger partial charge in [0.1, 0.15) is 5.82 Å². The van der Waals surface area contributed by atoms with Gasteiger partial charge >= 0.3 is 0 Å². The van der Waals surface area contributed by atoms with E-state index in [9.17, 15) is 4.39 Å². The zero-order valence-electron chi connectivity index (χ0n) is 11.7. The molecule has 1 aromatic carbocycles. The number of nitrogens with zero attached hydrogens (tertiary/aromatic N) is 2. The van der Waals surface area contributed by atoms with Gasteiger partial charge in [0.25, 0.3) is 0 Å². The first kappa shape index (κ1) is 13.1. The van der Waals surface area contributed by atoms with Crippen molar-refractivity contribution in [3.63, 3.8) is 0 Å². The van der Waals surface area contributed by atoms with Crippen molar-refractivity contribution in [1.29, 1.82) is 0 Å². The smallest absolute Gasteiger partial charge is 0.194 e. The van der Waals surface area contributed by atoms with Gasteiger partial charge in [-0.2, -0.15) is 0 Å². The SMILES string of the molecule is Cc1ccc(NCc2c(C)nc3scc(C)n23)c(F)c1. The van der Waals surface area contributed by atoms with Crippen LogP contribution in [0.3, 0.4) is 0 Å². The van der Waals surface area contributed by atoms with Gasteiger partial charge in [-0.3, -0.25) is 4.40 Å². The van der Waals surface area contributed by atoms with Crippen LogP contribution in [0.25, 0.3) is 4.96 Å². The van der Waals surface area contributed by atoms with Gasteiger partial charge in [-0.05, 0) is 38.5 Å². The van der Waals surface area contributed by atoms with Gasteiger partial charge in [-0.25, -0.2) is 9.37 Å². The first-order valence-electron chi connectivity index (χ1n) is 6.48. The third-order valence-electron chi connectivity index (χ3n) is 3.40. The normalized spacial score (nSPS) is 11.2. The Balaban J connectivity index is 1.90. The van der Waals surface area contributed by atoms with E-state index in [-0.39, 0.29) is 5.82 Å². The van der Waals surface area contributed by atoms with E-state index in [1.165, 1.54) is 6.07 Å². The number of hydrogen-bond acceptors (Lipinski definition) is 3. The number of aryl methyl sites for hydroxylation is 3. The lowest BCUT2D eigenvalue weighted by molar-refractivity contribution is 0.628. The largest absolute Gasteiger partial charge is 0.377 e. The number of benzene rings is 1. The van der Waals surface area contributed by atoms with Crippen LogP contribution in [0.2, 0.25) is 0 Å². The molecule has 0 fully saturated rings. The fraction of sp³-hybridized carbons (Fsp3) is 0.267. The minimum atomic E-state index is -0.217. The molecule has 3 rings (SSSR count). The molecule has 3 aromatic rings. The number of fused-ring (bicyclic) bond motifs is 1. The first-order chi connectivity index (χ1) is 9.56. The highest BCUT2D eigenvalue weighted by atomic mass is 32.1. The molecule has 0 bridgehead atoms. The first-order valence-corrected chi connectivity index (χ1v) is 7.36. The molecule has 0 aliphatic carbocycles.